The first kappa shape index (κ1) is 16.1. The van der Waals surface area contributed by atoms with Crippen LogP contribution in [0.4, 0.5) is 0 Å². The molecule has 122 valence electrons. The standard InChI is InChI=1S/C18H17N3O2S/c1-23-16-6-4-14(5-7-16)18-21-15(12-24-18)9-17(22)20-11-13-3-2-8-19-10-13/h2-8,10,12H,9,11H2,1H3,(H,20,22). The molecule has 3 aromatic rings. The maximum Gasteiger partial charge on any atom is 0.226 e. The summed E-state index contributed by atoms with van der Waals surface area (Å²) in [6, 6.07) is 11.5. The van der Waals surface area contributed by atoms with Crippen molar-refractivity contribution in [2.75, 3.05) is 7.11 Å². The number of methoxy groups -OCH3 is 1. The summed E-state index contributed by atoms with van der Waals surface area (Å²) in [5.41, 5.74) is 2.76. The van der Waals surface area contributed by atoms with Crippen LogP contribution in [0, 0.1) is 0 Å². The molecule has 0 aliphatic carbocycles. The SMILES string of the molecule is COc1ccc(-c2nc(CC(=O)NCc3cccnc3)cs2)cc1. The second-order valence-electron chi connectivity index (χ2n) is 5.19. The maximum absolute atomic E-state index is 12.0. The Balaban J connectivity index is 1.58. The molecule has 1 amide bonds. The normalized spacial score (nSPS) is 10.4. The molecule has 0 bridgehead atoms. The molecule has 1 N–H and O–H groups in total. The third kappa shape index (κ3) is 4.17. The summed E-state index contributed by atoms with van der Waals surface area (Å²) in [6.45, 7) is 0.474. The van der Waals surface area contributed by atoms with Crippen LogP contribution in [0.5, 0.6) is 5.75 Å². The van der Waals surface area contributed by atoms with Crippen molar-refractivity contribution < 1.29 is 9.53 Å². The van der Waals surface area contributed by atoms with E-state index in [0.717, 1.165) is 27.6 Å². The lowest BCUT2D eigenvalue weighted by Gasteiger charge is -2.03. The van der Waals surface area contributed by atoms with Crippen molar-refractivity contribution in [3.05, 3.63) is 65.4 Å². The van der Waals surface area contributed by atoms with Crippen LogP contribution in [0.3, 0.4) is 0 Å². The molecule has 0 unspecified atom stereocenters. The first-order valence-electron chi connectivity index (χ1n) is 7.49. The largest absolute Gasteiger partial charge is 0.497 e. The van der Waals surface area contributed by atoms with E-state index in [1.54, 1.807) is 19.5 Å². The number of benzene rings is 1. The molecule has 0 saturated heterocycles. The molecule has 24 heavy (non-hydrogen) atoms. The van der Waals surface area contributed by atoms with E-state index >= 15 is 0 Å². The quantitative estimate of drug-likeness (QED) is 0.750. The zero-order chi connectivity index (χ0) is 16.8. The fourth-order valence-electron chi connectivity index (χ4n) is 2.18. The van der Waals surface area contributed by atoms with Crippen molar-refractivity contribution in [2.24, 2.45) is 0 Å². The van der Waals surface area contributed by atoms with E-state index in [-0.39, 0.29) is 12.3 Å². The van der Waals surface area contributed by atoms with E-state index in [0.29, 0.717) is 6.54 Å². The topological polar surface area (TPSA) is 64.1 Å². The molecule has 0 spiro atoms. The average molecular weight is 339 g/mol. The minimum Gasteiger partial charge on any atom is -0.497 e. The molecule has 0 atom stereocenters. The fourth-order valence-corrected chi connectivity index (χ4v) is 3.01. The van der Waals surface area contributed by atoms with Crippen LogP contribution < -0.4 is 10.1 Å². The molecule has 0 aliphatic rings. The Hall–Kier alpha value is -2.73. The minimum absolute atomic E-state index is 0.0505. The highest BCUT2D eigenvalue weighted by molar-refractivity contribution is 7.13. The zero-order valence-electron chi connectivity index (χ0n) is 13.2. The maximum atomic E-state index is 12.0. The fraction of sp³-hybridized carbons (Fsp3) is 0.167. The van der Waals surface area contributed by atoms with Crippen molar-refractivity contribution >= 4 is 17.2 Å². The Morgan fingerprint density at radius 3 is 2.79 bits per heavy atom. The van der Waals surface area contributed by atoms with Gasteiger partial charge in [0.15, 0.2) is 0 Å². The van der Waals surface area contributed by atoms with Crippen LogP contribution in [0.25, 0.3) is 10.6 Å². The van der Waals surface area contributed by atoms with Gasteiger partial charge in [0.2, 0.25) is 5.91 Å². The Bertz CT molecular complexity index is 801. The second-order valence-corrected chi connectivity index (χ2v) is 6.05. The number of hydrogen-bond acceptors (Lipinski definition) is 5. The van der Waals surface area contributed by atoms with Crippen LogP contribution >= 0.6 is 11.3 Å². The molecule has 2 heterocycles. The predicted molar refractivity (Wildman–Crippen MR) is 93.9 cm³/mol. The van der Waals surface area contributed by atoms with E-state index < -0.39 is 0 Å². The Kier molecular flexibility index (Phi) is 5.18. The summed E-state index contributed by atoms with van der Waals surface area (Å²) in [7, 11) is 1.64. The summed E-state index contributed by atoms with van der Waals surface area (Å²) in [4.78, 5) is 20.6. The summed E-state index contributed by atoms with van der Waals surface area (Å²) in [5, 5.41) is 5.70. The van der Waals surface area contributed by atoms with Crippen LogP contribution in [-0.4, -0.2) is 23.0 Å². The number of hydrogen-bond donors (Lipinski definition) is 1. The number of carbonyl (C=O) groups is 1. The van der Waals surface area contributed by atoms with Crippen molar-refractivity contribution in [3.8, 4) is 16.3 Å². The molecule has 1 aromatic carbocycles. The third-order valence-electron chi connectivity index (χ3n) is 3.44. The van der Waals surface area contributed by atoms with Crippen LogP contribution in [0.15, 0.2) is 54.2 Å². The van der Waals surface area contributed by atoms with E-state index in [2.05, 4.69) is 15.3 Å². The lowest BCUT2D eigenvalue weighted by molar-refractivity contribution is -0.120. The Morgan fingerprint density at radius 1 is 1.25 bits per heavy atom. The number of thiazole rings is 1. The molecule has 0 saturated carbocycles. The van der Waals surface area contributed by atoms with Gasteiger partial charge >= 0.3 is 0 Å². The second kappa shape index (κ2) is 7.70. The van der Waals surface area contributed by atoms with E-state index in [1.807, 2.05) is 41.8 Å². The van der Waals surface area contributed by atoms with Crippen LogP contribution in [0.2, 0.25) is 0 Å². The molecule has 2 aromatic heterocycles. The van der Waals surface area contributed by atoms with Gasteiger partial charge in [-0.3, -0.25) is 9.78 Å². The molecule has 5 nitrogen and oxygen atoms in total. The summed E-state index contributed by atoms with van der Waals surface area (Å²) < 4.78 is 5.15. The lowest BCUT2D eigenvalue weighted by atomic mass is 10.2. The summed E-state index contributed by atoms with van der Waals surface area (Å²) >= 11 is 1.53. The first-order valence-corrected chi connectivity index (χ1v) is 8.37. The Labute approximate surface area is 144 Å². The van der Waals surface area contributed by atoms with Crippen molar-refractivity contribution in [3.63, 3.8) is 0 Å². The van der Waals surface area contributed by atoms with Crippen molar-refractivity contribution in [2.45, 2.75) is 13.0 Å². The predicted octanol–water partition coefficient (Wildman–Crippen LogP) is 3.07. The number of aromatic nitrogens is 2. The van der Waals surface area contributed by atoms with Gasteiger partial charge in [0, 0.05) is 29.9 Å². The molecular formula is C18H17N3O2S. The Morgan fingerprint density at radius 2 is 2.08 bits per heavy atom. The summed E-state index contributed by atoms with van der Waals surface area (Å²) in [5.74, 6) is 0.760. The number of ether oxygens (including phenoxy) is 1. The highest BCUT2D eigenvalue weighted by atomic mass is 32.1. The smallest absolute Gasteiger partial charge is 0.226 e. The molecule has 3 rings (SSSR count). The zero-order valence-corrected chi connectivity index (χ0v) is 14.0. The van der Waals surface area contributed by atoms with E-state index in [9.17, 15) is 4.79 Å². The number of carbonyl (C=O) groups excluding carboxylic acids is 1. The number of amides is 1. The van der Waals surface area contributed by atoms with Crippen molar-refractivity contribution in [1.82, 2.24) is 15.3 Å². The molecule has 0 aliphatic heterocycles. The first-order chi connectivity index (χ1) is 11.7. The monoisotopic (exact) mass is 339 g/mol. The molecule has 0 radical (unpaired) electrons. The van der Waals surface area contributed by atoms with E-state index in [1.165, 1.54) is 11.3 Å². The van der Waals surface area contributed by atoms with Gasteiger partial charge in [0.1, 0.15) is 10.8 Å². The van der Waals surface area contributed by atoms with Gasteiger partial charge in [-0.05, 0) is 35.9 Å². The lowest BCUT2D eigenvalue weighted by Crippen LogP contribution is -2.24. The third-order valence-corrected chi connectivity index (χ3v) is 4.38. The van der Waals surface area contributed by atoms with Crippen LogP contribution in [-0.2, 0) is 17.8 Å². The van der Waals surface area contributed by atoms with E-state index in [4.69, 9.17) is 4.74 Å². The average Bonchev–Trinajstić information content (AvgIpc) is 3.09. The molecule has 6 heteroatoms. The molecular weight excluding hydrogens is 322 g/mol. The number of nitrogens with zero attached hydrogens (tertiary/aromatic N) is 2. The van der Waals surface area contributed by atoms with Crippen molar-refractivity contribution in [1.29, 1.82) is 0 Å². The van der Waals surface area contributed by atoms with Gasteiger partial charge in [-0.15, -0.1) is 11.3 Å². The molecule has 0 fully saturated rings. The highest BCUT2D eigenvalue weighted by Crippen LogP contribution is 2.25. The van der Waals surface area contributed by atoms with Gasteiger partial charge in [-0.1, -0.05) is 6.07 Å². The van der Waals surface area contributed by atoms with Crippen LogP contribution in [0.1, 0.15) is 11.3 Å². The minimum atomic E-state index is -0.0505. The van der Waals surface area contributed by atoms with Gasteiger partial charge in [0.25, 0.3) is 0 Å². The van der Waals surface area contributed by atoms with Gasteiger partial charge in [-0.2, -0.15) is 0 Å². The number of pyridine rings is 1. The van der Waals surface area contributed by atoms with Gasteiger partial charge < -0.3 is 10.1 Å². The summed E-state index contributed by atoms with van der Waals surface area (Å²) in [6.07, 6.45) is 3.72. The van der Waals surface area contributed by atoms with Gasteiger partial charge in [0.05, 0.1) is 19.2 Å². The highest BCUT2D eigenvalue weighted by Gasteiger charge is 2.09. The number of nitrogens with one attached hydrogen (secondary N) is 1. The van der Waals surface area contributed by atoms with Gasteiger partial charge in [-0.25, -0.2) is 4.98 Å². The number of rotatable bonds is 6.